The zero-order valence-electron chi connectivity index (χ0n) is 26.0. The molecule has 3 aliphatic heterocycles. The number of carbonyl (C=O) groups is 3. The number of benzene rings is 2. The highest BCUT2D eigenvalue weighted by Gasteiger charge is 2.71. The number of piperazine rings is 1. The van der Waals surface area contributed by atoms with E-state index in [-0.39, 0.29) is 18.7 Å². The Bertz CT molecular complexity index is 1610. The van der Waals surface area contributed by atoms with Gasteiger partial charge in [0.05, 0.1) is 6.61 Å². The molecule has 9 nitrogen and oxygen atoms in total. The SMILES string of the molecule is C/C=C\c1cc(C(O)(C(F)(F)F)C(F)(F)F)ccc1N1C[C@@H](C)N(C(=O)CN2C(=O)N[C@@](C)(c3ccc4c(c3)CCO4)C2=O)CC1C. The maximum Gasteiger partial charge on any atom is 0.430 e. The topological polar surface area (TPSA) is 102 Å². The number of ether oxygens (including phenoxy) is 1. The zero-order valence-corrected chi connectivity index (χ0v) is 26.0. The van der Waals surface area contributed by atoms with Gasteiger partial charge in [-0.15, -0.1) is 0 Å². The van der Waals surface area contributed by atoms with Gasteiger partial charge in [-0.1, -0.05) is 24.3 Å². The van der Waals surface area contributed by atoms with Crippen molar-refractivity contribution in [2.45, 2.75) is 69.7 Å². The molecule has 0 radical (unpaired) electrons. The molecule has 2 aromatic rings. The van der Waals surface area contributed by atoms with Gasteiger partial charge in [-0.2, -0.15) is 26.3 Å². The van der Waals surface area contributed by atoms with E-state index in [9.17, 15) is 45.8 Å². The van der Waals surface area contributed by atoms with E-state index in [4.69, 9.17) is 4.74 Å². The average molecular weight is 669 g/mol. The lowest BCUT2D eigenvalue weighted by Crippen LogP contribution is -2.60. The van der Waals surface area contributed by atoms with Crippen LogP contribution in [-0.2, 0) is 27.1 Å². The highest BCUT2D eigenvalue weighted by molar-refractivity contribution is 6.09. The molecule has 254 valence electrons. The summed E-state index contributed by atoms with van der Waals surface area (Å²) in [7, 11) is 0. The quantitative estimate of drug-likeness (QED) is 0.337. The van der Waals surface area contributed by atoms with Gasteiger partial charge in [0.15, 0.2) is 0 Å². The lowest BCUT2D eigenvalue weighted by atomic mass is 9.89. The number of hydrogen-bond acceptors (Lipinski definition) is 6. The Balaban J connectivity index is 1.34. The van der Waals surface area contributed by atoms with Crippen molar-refractivity contribution in [3.63, 3.8) is 0 Å². The monoisotopic (exact) mass is 668 g/mol. The second-order valence-electron chi connectivity index (χ2n) is 12.2. The summed E-state index contributed by atoms with van der Waals surface area (Å²) in [6, 6.07) is 5.85. The highest BCUT2D eigenvalue weighted by Crippen LogP contribution is 2.50. The molecule has 0 spiro atoms. The lowest BCUT2D eigenvalue weighted by Gasteiger charge is -2.46. The van der Waals surface area contributed by atoms with Crippen LogP contribution >= 0.6 is 0 Å². The number of anilines is 1. The lowest BCUT2D eigenvalue weighted by molar-refractivity contribution is -0.376. The Morgan fingerprint density at radius 3 is 2.36 bits per heavy atom. The molecule has 5 rings (SSSR count). The predicted octanol–water partition coefficient (Wildman–Crippen LogP) is 4.86. The van der Waals surface area contributed by atoms with E-state index in [1.807, 2.05) is 0 Å². The molecular formula is C32H34F6N4O5. The molecule has 2 fully saturated rings. The van der Waals surface area contributed by atoms with Gasteiger partial charge >= 0.3 is 18.4 Å². The van der Waals surface area contributed by atoms with Gasteiger partial charge < -0.3 is 25.0 Å². The van der Waals surface area contributed by atoms with E-state index < -0.39 is 65.5 Å². The summed E-state index contributed by atoms with van der Waals surface area (Å²) in [4.78, 5) is 44.1. The van der Waals surface area contributed by atoms with E-state index in [0.717, 1.165) is 16.5 Å². The van der Waals surface area contributed by atoms with E-state index in [1.54, 1.807) is 50.8 Å². The van der Waals surface area contributed by atoms with Gasteiger partial charge in [0.1, 0.15) is 17.8 Å². The first-order valence-electron chi connectivity index (χ1n) is 14.9. The normalized spacial score (nSPS) is 23.8. The van der Waals surface area contributed by atoms with Gasteiger partial charge in [-0.05, 0) is 68.7 Å². The summed E-state index contributed by atoms with van der Waals surface area (Å²) < 4.78 is 87.0. The summed E-state index contributed by atoms with van der Waals surface area (Å²) in [6.07, 6.45) is -8.62. The van der Waals surface area contributed by atoms with E-state index >= 15 is 0 Å². The van der Waals surface area contributed by atoms with Crippen molar-refractivity contribution < 1.29 is 50.6 Å². The van der Waals surface area contributed by atoms with Crippen molar-refractivity contribution in [2.24, 2.45) is 0 Å². The number of nitrogens with zero attached hydrogens (tertiary/aromatic N) is 3. The number of nitrogens with one attached hydrogen (secondary N) is 1. The minimum atomic E-state index is -6.03. The molecule has 1 unspecified atom stereocenters. The molecule has 3 atom stereocenters. The van der Waals surface area contributed by atoms with Crippen LogP contribution in [0.25, 0.3) is 6.08 Å². The van der Waals surface area contributed by atoms with Crippen LogP contribution in [-0.4, -0.2) is 83.4 Å². The first-order chi connectivity index (χ1) is 21.8. The molecule has 2 N–H and O–H groups in total. The van der Waals surface area contributed by atoms with Crippen LogP contribution in [0.5, 0.6) is 5.75 Å². The molecule has 0 saturated carbocycles. The average Bonchev–Trinajstić information content (AvgIpc) is 3.55. The summed E-state index contributed by atoms with van der Waals surface area (Å²) in [5.41, 5.74) is -6.09. The number of rotatable bonds is 6. The third kappa shape index (κ3) is 5.68. The number of amides is 4. The number of fused-ring (bicyclic) bond motifs is 1. The first kappa shape index (κ1) is 34.1. The maximum absolute atomic E-state index is 13.6. The fraction of sp³-hybridized carbons (Fsp3) is 0.469. The number of allylic oxidation sites excluding steroid dienone is 1. The minimum absolute atomic E-state index is 0.00693. The third-order valence-corrected chi connectivity index (χ3v) is 9.06. The number of aliphatic hydroxyl groups is 1. The zero-order chi connectivity index (χ0) is 34.7. The minimum Gasteiger partial charge on any atom is -0.493 e. The molecule has 2 aromatic carbocycles. The molecule has 0 bridgehead atoms. The Labute approximate surface area is 266 Å². The molecule has 3 heterocycles. The first-order valence-corrected chi connectivity index (χ1v) is 14.9. The predicted molar refractivity (Wildman–Crippen MR) is 158 cm³/mol. The smallest absolute Gasteiger partial charge is 0.430 e. The van der Waals surface area contributed by atoms with E-state index in [1.165, 1.54) is 17.1 Å². The van der Waals surface area contributed by atoms with Crippen molar-refractivity contribution in [1.82, 2.24) is 15.1 Å². The van der Waals surface area contributed by atoms with Crippen molar-refractivity contribution in [3.05, 3.63) is 64.7 Å². The van der Waals surface area contributed by atoms with Crippen LogP contribution in [0.2, 0.25) is 0 Å². The summed E-state index contributed by atoms with van der Waals surface area (Å²) in [5, 5.41) is 12.6. The maximum atomic E-state index is 13.6. The van der Waals surface area contributed by atoms with Gasteiger partial charge in [-0.3, -0.25) is 14.5 Å². The molecule has 0 aromatic heterocycles. The molecule has 47 heavy (non-hydrogen) atoms. The van der Waals surface area contributed by atoms with Crippen LogP contribution in [0, 0.1) is 0 Å². The number of urea groups is 1. The Morgan fingerprint density at radius 2 is 1.72 bits per heavy atom. The fourth-order valence-electron chi connectivity index (χ4n) is 6.41. The number of hydrogen-bond donors (Lipinski definition) is 2. The van der Waals surface area contributed by atoms with Crippen LogP contribution < -0.4 is 15.0 Å². The van der Waals surface area contributed by atoms with Gasteiger partial charge in [0, 0.05) is 42.8 Å². The number of halogens is 6. The van der Waals surface area contributed by atoms with Crippen LogP contribution in [0.4, 0.5) is 36.8 Å². The number of alkyl halides is 6. The molecule has 0 aliphatic carbocycles. The van der Waals surface area contributed by atoms with E-state index in [0.29, 0.717) is 42.2 Å². The number of imide groups is 1. The van der Waals surface area contributed by atoms with Crippen LogP contribution in [0.15, 0.2) is 42.5 Å². The second kappa shape index (κ2) is 11.8. The van der Waals surface area contributed by atoms with Gasteiger partial charge in [0.25, 0.3) is 11.5 Å². The van der Waals surface area contributed by atoms with Gasteiger partial charge in [-0.25, -0.2) is 4.79 Å². The molecule has 2 saturated heterocycles. The molecule has 15 heteroatoms. The standard InChI is InChI=1S/C32H34F6N4O5/c1-5-6-20-13-23(30(46,31(33,34)35)32(36,37)38)7-9-24(20)40-15-19(3)41(16-18(40)2)26(43)17-42-27(44)29(4,39-28(42)45)22-8-10-25-21(14-22)11-12-47-25/h5-10,13-14,18-19,46H,11-12,15-17H2,1-4H3,(H,39,45)/b6-5-/t18?,19-,29+/m1/s1. The molecule has 4 amide bonds. The Hall–Kier alpha value is -4.27. The van der Waals surface area contributed by atoms with Crippen molar-refractivity contribution in [1.29, 1.82) is 0 Å². The van der Waals surface area contributed by atoms with Crippen LogP contribution in [0.1, 0.15) is 49.9 Å². The van der Waals surface area contributed by atoms with E-state index in [2.05, 4.69) is 5.32 Å². The number of carbonyl (C=O) groups excluding carboxylic acids is 3. The summed E-state index contributed by atoms with van der Waals surface area (Å²) in [6.45, 7) is 6.74. The highest BCUT2D eigenvalue weighted by atomic mass is 19.4. The van der Waals surface area contributed by atoms with Crippen LogP contribution in [0.3, 0.4) is 0 Å². The third-order valence-electron chi connectivity index (χ3n) is 9.06. The second-order valence-corrected chi connectivity index (χ2v) is 12.2. The van der Waals surface area contributed by atoms with Crippen molar-refractivity contribution >= 4 is 29.6 Å². The van der Waals surface area contributed by atoms with Crippen molar-refractivity contribution in [3.8, 4) is 5.75 Å². The summed E-state index contributed by atoms with van der Waals surface area (Å²) >= 11 is 0. The summed E-state index contributed by atoms with van der Waals surface area (Å²) in [5.74, 6) is -0.396. The fourth-order valence-corrected chi connectivity index (χ4v) is 6.41. The van der Waals surface area contributed by atoms with Gasteiger partial charge in [0.2, 0.25) is 5.91 Å². The Kier molecular flexibility index (Phi) is 8.52. The van der Waals surface area contributed by atoms with Crippen molar-refractivity contribution in [2.75, 3.05) is 31.1 Å². The molecule has 3 aliphatic rings. The molecular weight excluding hydrogens is 634 g/mol. The largest absolute Gasteiger partial charge is 0.493 e. The Morgan fingerprint density at radius 1 is 1.04 bits per heavy atom.